The van der Waals surface area contributed by atoms with Gasteiger partial charge in [0.2, 0.25) is 0 Å². The van der Waals surface area contributed by atoms with Gasteiger partial charge in [-0.15, -0.1) is 0 Å². The Labute approximate surface area is 86.4 Å². The maximum Gasteiger partial charge on any atom is 0.0715 e. The van der Waals surface area contributed by atoms with Gasteiger partial charge in [0.1, 0.15) is 0 Å². The fourth-order valence-corrected chi connectivity index (χ4v) is 2.69. The predicted molar refractivity (Wildman–Crippen MR) is 58.0 cm³/mol. The van der Waals surface area contributed by atoms with Crippen LogP contribution in [-0.2, 0) is 0 Å². The molecule has 3 atom stereocenters. The lowest BCUT2D eigenvalue weighted by molar-refractivity contribution is 0.0783. The Balaban J connectivity index is 1.70. The van der Waals surface area contributed by atoms with Crippen molar-refractivity contribution in [2.75, 3.05) is 13.1 Å². The summed E-state index contributed by atoms with van der Waals surface area (Å²) in [5, 5.41) is 12.9. The van der Waals surface area contributed by atoms with Crippen molar-refractivity contribution in [3.63, 3.8) is 0 Å². The summed E-state index contributed by atoms with van der Waals surface area (Å²) < 4.78 is 0. The largest absolute Gasteiger partial charge is 0.389 e. The Morgan fingerprint density at radius 1 is 1.36 bits per heavy atom. The van der Waals surface area contributed by atoms with E-state index in [1.165, 1.54) is 12.8 Å². The highest BCUT2D eigenvalue weighted by atomic mass is 16.3. The second-order valence-electron chi connectivity index (χ2n) is 5.48. The fraction of sp³-hybridized carbons (Fsp3) is 0.833. The molecular formula is C12H21NO. The molecule has 1 fully saturated rings. The molecule has 1 saturated carbocycles. The first-order valence-electron chi connectivity index (χ1n) is 5.66. The molecule has 0 heterocycles. The normalized spacial score (nSPS) is 35.5. The standard InChI is InChI=1S/C12H21NO/c1-12(2,14)8-13-7-11-6-9-3-4-10(11)5-9/h3-4,9-11,13-14H,5-8H2,1-2H3/t9-,10+,11-/m1/s1. The van der Waals surface area contributed by atoms with Gasteiger partial charge in [0.15, 0.2) is 0 Å². The number of fused-ring (bicyclic) bond motifs is 2. The third-order valence-corrected chi connectivity index (χ3v) is 3.38. The summed E-state index contributed by atoms with van der Waals surface area (Å²) in [5.74, 6) is 2.48. The maximum absolute atomic E-state index is 9.55. The smallest absolute Gasteiger partial charge is 0.0715 e. The first kappa shape index (κ1) is 10.2. The van der Waals surface area contributed by atoms with Crippen LogP contribution in [0.5, 0.6) is 0 Å². The molecule has 2 N–H and O–H groups in total. The summed E-state index contributed by atoms with van der Waals surface area (Å²) in [5.41, 5.74) is -0.576. The van der Waals surface area contributed by atoms with Gasteiger partial charge in [0.25, 0.3) is 0 Å². The molecular weight excluding hydrogens is 174 g/mol. The summed E-state index contributed by atoms with van der Waals surface area (Å²) in [6.07, 6.45) is 7.47. The summed E-state index contributed by atoms with van der Waals surface area (Å²) in [7, 11) is 0. The average Bonchev–Trinajstić information content (AvgIpc) is 2.62. The number of rotatable bonds is 4. The van der Waals surface area contributed by atoms with Crippen LogP contribution in [-0.4, -0.2) is 23.8 Å². The number of hydrogen-bond donors (Lipinski definition) is 2. The van der Waals surface area contributed by atoms with Crippen molar-refractivity contribution in [2.45, 2.75) is 32.3 Å². The van der Waals surface area contributed by atoms with Crippen LogP contribution in [0.3, 0.4) is 0 Å². The minimum Gasteiger partial charge on any atom is -0.389 e. The first-order chi connectivity index (χ1) is 6.54. The molecule has 0 saturated heterocycles. The van der Waals surface area contributed by atoms with E-state index in [4.69, 9.17) is 0 Å². The van der Waals surface area contributed by atoms with Crippen molar-refractivity contribution in [1.29, 1.82) is 0 Å². The average molecular weight is 195 g/mol. The molecule has 14 heavy (non-hydrogen) atoms. The second kappa shape index (κ2) is 3.67. The minimum absolute atomic E-state index is 0.576. The molecule has 80 valence electrons. The van der Waals surface area contributed by atoms with Crippen LogP contribution >= 0.6 is 0 Å². The monoisotopic (exact) mass is 195 g/mol. The van der Waals surface area contributed by atoms with Gasteiger partial charge in [-0.25, -0.2) is 0 Å². The van der Waals surface area contributed by atoms with Crippen molar-refractivity contribution < 1.29 is 5.11 Å². The van der Waals surface area contributed by atoms with Crippen LogP contribution in [0.4, 0.5) is 0 Å². The van der Waals surface area contributed by atoms with Gasteiger partial charge in [-0.05, 0) is 51.0 Å². The second-order valence-corrected chi connectivity index (χ2v) is 5.48. The number of aliphatic hydroxyl groups is 1. The zero-order chi connectivity index (χ0) is 10.2. The van der Waals surface area contributed by atoms with E-state index in [1.54, 1.807) is 0 Å². The third-order valence-electron chi connectivity index (χ3n) is 3.38. The number of hydrogen-bond acceptors (Lipinski definition) is 2. The Morgan fingerprint density at radius 3 is 2.64 bits per heavy atom. The van der Waals surface area contributed by atoms with Crippen LogP contribution in [0, 0.1) is 17.8 Å². The molecule has 2 aliphatic carbocycles. The molecule has 2 bridgehead atoms. The van der Waals surface area contributed by atoms with E-state index in [2.05, 4.69) is 17.5 Å². The molecule has 0 radical (unpaired) electrons. The van der Waals surface area contributed by atoms with Gasteiger partial charge in [-0.1, -0.05) is 12.2 Å². The lowest BCUT2D eigenvalue weighted by atomic mass is 9.93. The van der Waals surface area contributed by atoms with E-state index < -0.39 is 5.60 Å². The van der Waals surface area contributed by atoms with Gasteiger partial charge in [0.05, 0.1) is 5.60 Å². The van der Waals surface area contributed by atoms with Gasteiger partial charge in [0, 0.05) is 6.54 Å². The van der Waals surface area contributed by atoms with Gasteiger partial charge >= 0.3 is 0 Å². The summed E-state index contributed by atoms with van der Waals surface area (Å²) in [6.45, 7) is 5.46. The molecule has 0 unspecified atom stereocenters. The zero-order valence-corrected chi connectivity index (χ0v) is 9.16. The highest BCUT2D eigenvalue weighted by molar-refractivity contribution is 5.10. The van der Waals surface area contributed by atoms with Gasteiger partial charge in [-0.3, -0.25) is 0 Å². The summed E-state index contributed by atoms with van der Waals surface area (Å²) in [4.78, 5) is 0. The molecule has 0 aromatic heterocycles. The highest BCUT2D eigenvalue weighted by Crippen LogP contribution is 2.42. The lowest BCUT2D eigenvalue weighted by Crippen LogP contribution is -2.37. The molecule has 0 spiro atoms. The Hall–Kier alpha value is -0.340. The third kappa shape index (κ3) is 2.37. The summed E-state index contributed by atoms with van der Waals surface area (Å²) in [6, 6.07) is 0. The Bertz CT molecular complexity index is 229. The Kier molecular flexibility index (Phi) is 2.67. The van der Waals surface area contributed by atoms with Crippen molar-refractivity contribution in [1.82, 2.24) is 5.32 Å². The zero-order valence-electron chi connectivity index (χ0n) is 9.16. The molecule has 0 aromatic carbocycles. The molecule has 2 nitrogen and oxygen atoms in total. The minimum atomic E-state index is -0.576. The lowest BCUT2D eigenvalue weighted by Gasteiger charge is -2.22. The van der Waals surface area contributed by atoms with Crippen molar-refractivity contribution >= 4 is 0 Å². The highest BCUT2D eigenvalue weighted by Gasteiger charge is 2.35. The number of allylic oxidation sites excluding steroid dienone is 2. The SMILES string of the molecule is CC(C)(O)CNC[C@H]1C[C@@H]2C=C[C@H]1C2. The van der Waals surface area contributed by atoms with Crippen molar-refractivity contribution in [3.8, 4) is 0 Å². The van der Waals surface area contributed by atoms with E-state index in [1.807, 2.05) is 13.8 Å². The molecule has 2 rings (SSSR count). The molecule has 0 aromatic rings. The van der Waals surface area contributed by atoms with Crippen LogP contribution in [0.25, 0.3) is 0 Å². The van der Waals surface area contributed by atoms with Crippen molar-refractivity contribution in [3.05, 3.63) is 12.2 Å². The van der Waals surface area contributed by atoms with Gasteiger partial charge < -0.3 is 10.4 Å². The van der Waals surface area contributed by atoms with E-state index in [-0.39, 0.29) is 0 Å². The predicted octanol–water partition coefficient (Wildman–Crippen LogP) is 1.56. The van der Waals surface area contributed by atoms with E-state index in [0.29, 0.717) is 6.54 Å². The first-order valence-corrected chi connectivity index (χ1v) is 5.66. The van der Waals surface area contributed by atoms with Crippen LogP contribution < -0.4 is 5.32 Å². The van der Waals surface area contributed by atoms with Crippen LogP contribution in [0.1, 0.15) is 26.7 Å². The number of nitrogens with one attached hydrogen (secondary N) is 1. The van der Waals surface area contributed by atoms with E-state index >= 15 is 0 Å². The quantitative estimate of drug-likeness (QED) is 0.667. The topological polar surface area (TPSA) is 32.3 Å². The van der Waals surface area contributed by atoms with E-state index in [9.17, 15) is 5.11 Å². The summed E-state index contributed by atoms with van der Waals surface area (Å²) >= 11 is 0. The van der Waals surface area contributed by atoms with Crippen molar-refractivity contribution in [2.24, 2.45) is 17.8 Å². The van der Waals surface area contributed by atoms with Gasteiger partial charge in [-0.2, -0.15) is 0 Å². The molecule has 0 aliphatic heterocycles. The van der Waals surface area contributed by atoms with Crippen LogP contribution in [0.15, 0.2) is 12.2 Å². The molecule has 0 amide bonds. The molecule has 2 aliphatic rings. The maximum atomic E-state index is 9.55. The van der Waals surface area contributed by atoms with Crippen LogP contribution in [0.2, 0.25) is 0 Å². The Morgan fingerprint density at radius 2 is 2.14 bits per heavy atom. The molecule has 2 heteroatoms. The fourth-order valence-electron chi connectivity index (χ4n) is 2.69. The van der Waals surface area contributed by atoms with E-state index in [0.717, 1.165) is 24.3 Å².